The highest BCUT2D eigenvalue weighted by atomic mass is 16.5. The summed E-state index contributed by atoms with van der Waals surface area (Å²) in [5.74, 6) is 1.09. The molecule has 1 atom stereocenters. The number of carbonyl (C=O) groups excluding carboxylic acids is 1. The normalized spacial score (nSPS) is 16.2. The fourth-order valence-corrected chi connectivity index (χ4v) is 3.76. The zero-order valence-electron chi connectivity index (χ0n) is 15.9. The molecule has 0 saturated carbocycles. The van der Waals surface area contributed by atoms with Crippen LogP contribution in [0.15, 0.2) is 48.9 Å². The van der Waals surface area contributed by atoms with E-state index < -0.39 is 0 Å². The van der Waals surface area contributed by atoms with Gasteiger partial charge in [0, 0.05) is 24.5 Å². The maximum Gasteiger partial charge on any atom is 0.258 e. The number of benzene rings is 1. The Morgan fingerprint density at radius 1 is 1.18 bits per heavy atom. The van der Waals surface area contributed by atoms with E-state index in [0.717, 1.165) is 29.7 Å². The van der Waals surface area contributed by atoms with E-state index >= 15 is 0 Å². The van der Waals surface area contributed by atoms with Crippen LogP contribution in [-0.4, -0.2) is 46.8 Å². The molecule has 2 aromatic heterocycles. The first-order chi connectivity index (χ1) is 13.7. The average Bonchev–Trinajstić information content (AvgIpc) is 3.42. The maximum absolute atomic E-state index is 13.4. The number of hydrogen-bond acceptors (Lipinski definition) is 5. The smallest absolute Gasteiger partial charge is 0.258 e. The zero-order chi connectivity index (χ0) is 19.5. The molecule has 1 N–H and O–H groups in total. The van der Waals surface area contributed by atoms with Crippen LogP contribution < -0.4 is 9.47 Å². The molecule has 0 spiro atoms. The van der Waals surface area contributed by atoms with Crippen molar-refractivity contribution in [3.8, 4) is 22.6 Å². The van der Waals surface area contributed by atoms with Crippen LogP contribution >= 0.6 is 0 Å². The Hall–Kier alpha value is -3.35. The second kappa shape index (κ2) is 7.72. The summed E-state index contributed by atoms with van der Waals surface area (Å²) in [5, 5.41) is 7.36. The van der Waals surface area contributed by atoms with E-state index in [9.17, 15) is 4.79 Å². The number of hydrogen-bond donors (Lipinski definition) is 1. The minimum atomic E-state index is -0.0754. The third kappa shape index (κ3) is 3.19. The quantitative estimate of drug-likeness (QED) is 0.735. The van der Waals surface area contributed by atoms with Crippen molar-refractivity contribution in [3.63, 3.8) is 0 Å². The van der Waals surface area contributed by atoms with Gasteiger partial charge in [-0.2, -0.15) is 5.10 Å². The van der Waals surface area contributed by atoms with Gasteiger partial charge in [0.1, 0.15) is 11.5 Å². The van der Waals surface area contributed by atoms with Crippen LogP contribution in [0.25, 0.3) is 11.1 Å². The molecule has 144 valence electrons. The Labute approximate surface area is 163 Å². The first-order valence-electron chi connectivity index (χ1n) is 9.19. The number of nitrogens with one attached hydrogen (secondary N) is 1. The van der Waals surface area contributed by atoms with E-state index in [1.165, 1.54) is 0 Å². The Kier molecular flexibility index (Phi) is 4.97. The highest BCUT2D eigenvalue weighted by Crippen LogP contribution is 2.38. The van der Waals surface area contributed by atoms with Crippen LogP contribution in [0.4, 0.5) is 0 Å². The molecule has 7 heteroatoms. The third-order valence-corrected chi connectivity index (χ3v) is 5.14. The number of likely N-dealkylation sites (tertiary alicyclic amines) is 1. The van der Waals surface area contributed by atoms with Crippen molar-refractivity contribution >= 4 is 5.91 Å². The number of rotatable bonds is 5. The molecule has 4 rings (SSSR count). The minimum Gasteiger partial charge on any atom is -0.497 e. The molecule has 1 saturated heterocycles. The molecule has 28 heavy (non-hydrogen) atoms. The Bertz CT molecular complexity index is 971. The summed E-state index contributed by atoms with van der Waals surface area (Å²) < 4.78 is 10.7. The van der Waals surface area contributed by atoms with E-state index in [1.54, 1.807) is 51.0 Å². The van der Waals surface area contributed by atoms with Gasteiger partial charge in [0.15, 0.2) is 0 Å². The van der Waals surface area contributed by atoms with Crippen LogP contribution in [0, 0.1) is 0 Å². The van der Waals surface area contributed by atoms with Gasteiger partial charge >= 0.3 is 0 Å². The van der Waals surface area contributed by atoms with E-state index in [2.05, 4.69) is 15.2 Å². The second-order valence-corrected chi connectivity index (χ2v) is 6.66. The van der Waals surface area contributed by atoms with Crippen LogP contribution in [-0.2, 0) is 0 Å². The predicted molar refractivity (Wildman–Crippen MR) is 104 cm³/mol. The lowest BCUT2D eigenvalue weighted by molar-refractivity contribution is 0.0729. The summed E-state index contributed by atoms with van der Waals surface area (Å²) in [6, 6.07) is 9.09. The molecule has 0 bridgehead atoms. The summed E-state index contributed by atoms with van der Waals surface area (Å²) >= 11 is 0. The van der Waals surface area contributed by atoms with Gasteiger partial charge in [-0.25, -0.2) is 0 Å². The number of aromatic amines is 1. The number of nitrogens with zero attached hydrogens (tertiary/aromatic N) is 3. The summed E-state index contributed by atoms with van der Waals surface area (Å²) in [7, 11) is 3.15. The number of carbonyl (C=O) groups is 1. The van der Waals surface area contributed by atoms with E-state index in [4.69, 9.17) is 9.47 Å². The molecule has 0 unspecified atom stereocenters. The van der Waals surface area contributed by atoms with Crippen LogP contribution in [0.3, 0.4) is 0 Å². The number of pyridine rings is 1. The standard InChI is InChI=1S/C21H22N4O3/c1-27-15-5-6-19(28-2)16(12-15)21(26)25-11-3-4-18(25)20-17(13-23-24-20)14-7-9-22-10-8-14/h5-10,12-13,18H,3-4,11H2,1-2H3,(H,23,24)/t18-/m0/s1. The molecule has 3 aromatic rings. The minimum absolute atomic E-state index is 0.0749. The molecule has 1 aliphatic heterocycles. The van der Waals surface area contributed by atoms with Crippen LogP contribution in [0.5, 0.6) is 11.5 Å². The molecule has 1 fully saturated rings. The SMILES string of the molecule is COc1ccc(OC)c(C(=O)N2CCC[C@H]2c2[nH]ncc2-c2ccncc2)c1. The molecule has 3 heterocycles. The number of H-pyrrole nitrogens is 1. The van der Waals surface area contributed by atoms with Crippen molar-refractivity contribution in [1.82, 2.24) is 20.1 Å². The average molecular weight is 378 g/mol. The summed E-state index contributed by atoms with van der Waals surface area (Å²) in [5.41, 5.74) is 3.46. The summed E-state index contributed by atoms with van der Waals surface area (Å²) in [6.07, 6.45) is 7.11. The molecule has 7 nitrogen and oxygen atoms in total. The number of amides is 1. The fraction of sp³-hybridized carbons (Fsp3) is 0.286. The van der Waals surface area contributed by atoms with Crippen molar-refractivity contribution in [2.24, 2.45) is 0 Å². The van der Waals surface area contributed by atoms with Crippen molar-refractivity contribution in [2.45, 2.75) is 18.9 Å². The Balaban J connectivity index is 1.69. The first-order valence-corrected chi connectivity index (χ1v) is 9.19. The second-order valence-electron chi connectivity index (χ2n) is 6.66. The Morgan fingerprint density at radius 3 is 2.75 bits per heavy atom. The van der Waals surface area contributed by atoms with Crippen LogP contribution in [0.1, 0.15) is 34.9 Å². The molecule has 1 amide bonds. The summed E-state index contributed by atoms with van der Waals surface area (Å²) in [6.45, 7) is 0.679. The number of aromatic nitrogens is 3. The zero-order valence-corrected chi connectivity index (χ0v) is 15.9. The molecular weight excluding hydrogens is 356 g/mol. The van der Waals surface area contributed by atoms with Gasteiger partial charge in [-0.3, -0.25) is 14.9 Å². The fourth-order valence-electron chi connectivity index (χ4n) is 3.76. The van der Waals surface area contributed by atoms with Gasteiger partial charge in [0.05, 0.1) is 37.7 Å². The van der Waals surface area contributed by atoms with Crippen molar-refractivity contribution < 1.29 is 14.3 Å². The van der Waals surface area contributed by atoms with Crippen LogP contribution in [0.2, 0.25) is 0 Å². The van der Waals surface area contributed by atoms with Crippen molar-refractivity contribution in [1.29, 1.82) is 0 Å². The third-order valence-electron chi connectivity index (χ3n) is 5.14. The van der Waals surface area contributed by atoms with E-state index in [0.29, 0.717) is 23.6 Å². The van der Waals surface area contributed by atoms with Gasteiger partial charge in [-0.05, 0) is 48.7 Å². The number of methoxy groups -OCH3 is 2. The lowest BCUT2D eigenvalue weighted by Gasteiger charge is -2.25. The molecule has 1 aliphatic rings. The topological polar surface area (TPSA) is 80.3 Å². The van der Waals surface area contributed by atoms with E-state index in [-0.39, 0.29) is 11.9 Å². The highest BCUT2D eigenvalue weighted by Gasteiger charge is 2.34. The van der Waals surface area contributed by atoms with Gasteiger partial charge in [-0.15, -0.1) is 0 Å². The molecule has 0 aliphatic carbocycles. The molecule has 1 aromatic carbocycles. The van der Waals surface area contributed by atoms with Gasteiger partial charge in [-0.1, -0.05) is 0 Å². The largest absolute Gasteiger partial charge is 0.497 e. The van der Waals surface area contributed by atoms with Gasteiger partial charge in [0.2, 0.25) is 0 Å². The first kappa shape index (κ1) is 18.0. The van der Waals surface area contributed by atoms with Crippen molar-refractivity contribution in [3.05, 3.63) is 60.2 Å². The molecular formula is C21H22N4O3. The highest BCUT2D eigenvalue weighted by molar-refractivity contribution is 5.98. The predicted octanol–water partition coefficient (Wildman–Crippen LogP) is 3.47. The Morgan fingerprint density at radius 2 is 2.00 bits per heavy atom. The van der Waals surface area contributed by atoms with Gasteiger partial charge < -0.3 is 14.4 Å². The van der Waals surface area contributed by atoms with Crippen molar-refractivity contribution in [2.75, 3.05) is 20.8 Å². The van der Waals surface area contributed by atoms with Gasteiger partial charge in [0.25, 0.3) is 5.91 Å². The van der Waals surface area contributed by atoms with E-state index in [1.807, 2.05) is 17.0 Å². The molecule has 0 radical (unpaired) electrons. The lowest BCUT2D eigenvalue weighted by Crippen LogP contribution is -2.31. The number of ether oxygens (including phenoxy) is 2. The lowest BCUT2D eigenvalue weighted by atomic mass is 10.0. The maximum atomic E-state index is 13.4. The monoisotopic (exact) mass is 378 g/mol. The summed E-state index contributed by atoms with van der Waals surface area (Å²) in [4.78, 5) is 19.4.